The molecule has 0 spiro atoms. The van der Waals surface area contributed by atoms with Crippen LogP contribution in [0.2, 0.25) is 0 Å². The lowest BCUT2D eigenvalue weighted by Gasteiger charge is -2.34. The first-order valence-electron chi connectivity index (χ1n) is 8.38. The van der Waals surface area contributed by atoms with E-state index in [-0.39, 0.29) is 11.7 Å². The zero-order valence-electron chi connectivity index (χ0n) is 13.8. The molecule has 0 radical (unpaired) electrons. The summed E-state index contributed by atoms with van der Waals surface area (Å²) < 4.78 is 46.0. The Hall–Kier alpha value is -1.80. The minimum atomic E-state index is -4.69. The van der Waals surface area contributed by atoms with E-state index in [9.17, 15) is 18.0 Å². The molecule has 1 atom stereocenters. The summed E-state index contributed by atoms with van der Waals surface area (Å²) in [6.45, 7) is 3.79. The van der Waals surface area contributed by atoms with Gasteiger partial charge in [-0.15, -0.1) is 13.2 Å². The van der Waals surface area contributed by atoms with Crippen LogP contribution in [-0.4, -0.2) is 61.0 Å². The van der Waals surface area contributed by atoms with Gasteiger partial charge in [-0.3, -0.25) is 9.69 Å². The Morgan fingerprint density at radius 1 is 1.16 bits per heavy atom. The number of hydrogen-bond acceptors (Lipinski definition) is 4. The maximum Gasteiger partial charge on any atom is 0.573 e. The topological polar surface area (TPSA) is 42.0 Å². The second kappa shape index (κ2) is 7.61. The SMILES string of the molecule is O=C(C1CN(Cc2ccc(OC(F)(F)F)cc2)CCO1)N1CCCC1. The molecule has 2 saturated heterocycles. The number of amides is 1. The maximum absolute atomic E-state index is 12.4. The molecule has 1 aromatic carbocycles. The van der Waals surface area contributed by atoms with E-state index in [1.54, 1.807) is 12.1 Å². The van der Waals surface area contributed by atoms with E-state index in [0.29, 0.717) is 26.2 Å². The zero-order chi connectivity index (χ0) is 17.9. The molecule has 2 fully saturated rings. The van der Waals surface area contributed by atoms with Gasteiger partial charge in [-0.2, -0.15) is 0 Å². The molecule has 0 N–H and O–H groups in total. The van der Waals surface area contributed by atoms with E-state index in [2.05, 4.69) is 9.64 Å². The Morgan fingerprint density at radius 2 is 1.84 bits per heavy atom. The van der Waals surface area contributed by atoms with Gasteiger partial charge in [0.2, 0.25) is 0 Å². The number of ether oxygens (including phenoxy) is 2. The highest BCUT2D eigenvalue weighted by atomic mass is 19.4. The monoisotopic (exact) mass is 358 g/mol. The van der Waals surface area contributed by atoms with Crippen LogP contribution in [0.15, 0.2) is 24.3 Å². The molecule has 2 aliphatic rings. The van der Waals surface area contributed by atoms with E-state index in [0.717, 1.165) is 31.5 Å². The highest BCUT2D eigenvalue weighted by Crippen LogP contribution is 2.23. The number of morpholine rings is 1. The second-order valence-corrected chi connectivity index (χ2v) is 6.32. The quantitative estimate of drug-likeness (QED) is 0.829. The first kappa shape index (κ1) is 18.0. The van der Waals surface area contributed by atoms with E-state index >= 15 is 0 Å². The average Bonchev–Trinajstić information content (AvgIpc) is 3.09. The summed E-state index contributed by atoms with van der Waals surface area (Å²) in [6, 6.07) is 5.81. The highest BCUT2D eigenvalue weighted by molar-refractivity contribution is 5.81. The van der Waals surface area contributed by atoms with Crippen molar-refractivity contribution in [1.29, 1.82) is 0 Å². The number of alkyl halides is 3. The zero-order valence-corrected chi connectivity index (χ0v) is 13.8. The van der Waals surface area contributed by atoms with Gasteiger partial charge < -0.3 is 14.4 Å². The third-order valence-electron chi connectivity index (χ3n) is 4.41. The largest absolute Gasteiger partial charge is 0.573 e. The Morgan fingerprint density at radius 3 is 2.48 bits per heavy atom. The smallest absolute Gasteiger partial charge is 0.406 e. The van der Waals surface area contributed by atoms with Crippen LogP contribution < -0.4 is 4.74 Å². The van der Waals surface area contributed by atoms with Gasteiger partial charge in [-0.05, 0) is 30.5 Å². The van der Waals surface area contributed by atoms with Crippen LogP contribution >= 0.6 is 0 Å². The lowest BCUT2D eigenvalue weighted by Crippen LogP contribution is -2.50. The highest BCUT2D eigenvalue weighted by Gasteiger charge is 2.32. The first-order chi connectivity index (χ1) is 11.9. The minimum absolute atomic E-state index is 0.0381. The molecule has 0 aliphatic carbocycles. The summed E-state index contributed by atoms with van der Waals surface area (Å²) in [4.78, 5) is 16.4. The fraction of sp³-hybridized carbons (Fsp3) is 0.588. The van der Waals surface area contributed by atoms with E-state index in [4.69, 9.17) is 4.74 Å². The molecule has 138 valence electrons. The molecule has 1 amide bonds. The number of likely N-dealkylation sites (tertiary alicyclic amines) is 1. The molecule has 0 saturated carbocycles. The number of halogens is 3. The lowest BCUT2D eigenvalue weighted by molar-refractivity contribution is -0.274. The van der Waals surface area contributed by atoms with Gasteiger partial charge in [-0.1, -0.05) is 12.1 Å². The Balaban J connectivity index is 1.54. The van der Waals surface area contributed by atoms with E-state index < -0.39 is 12.5 Å². The average molecular weight is 358 g/mol. The molecular weight excluding hydrogens is 337 g/mol. The van der Waals surface area contributed by atoms with Crippen molar-refractivity contribution in [1.82, 2.24) is 9.80 Å². The molecule has 8 heteroatoms. The van der Waals surface area contributed by atoms with Crippen LogP contribution in [0.5, 0.6) is 5.75 Å². The number of nitrogens with zero attached hydrogens (tertiary/aromatic N) is 2. The van der Waals surface area contributed by atoms with Crippen LogP contribution in [0, 0.1) is 0 Å². The van der Waals surface area contributed by atoms with Gasteiger partial charge in [0.25, 0.3) is 5.91 Å². The molecule has 0 bridgehead atoms. The molecule has 1 aromatic rings. The maximum atomic E-state index is 12.4. The van der Waals surface area contributed by atoms with Crippen molar-refractivity contribution < 1.29 is 27.4 Å². The summed E-state index contributed by atoms with van der Waals surface area (Å²) >= 11 is 0. The Labute approximate surface area is 144 Å². The molecule has 5 nitrogen and oxygen atoms in total. The first-order valence-corrected chi connectivity index (χ1v) is 8.38. The van der Waals surface area contributed by atoms with Crippen molar-refractivity contribution >= 4 is 5.91 Å². The van der Waals surface area contributed by atoms with Crippen molar-refractivity contribution in [3.63, 3.8) is 0 Å². The van der Waals surface area contributed by atoms with Crippen molar-refractivity contribution in [2.45, 2.75) is 31.9 Å². The Kier molecular flexibility index (Phi) is 5.48. The number of rotatable bonds is 4. The van der Waals surface area contributed by atoms with Crippen LogP contribution in [0.25, 0.3) is 0 Å². The van der Waals surface area contributed by atoms with E-state index in [1.807, 2.05) is 4.90 Å². The minimum Gasteiger partial charge on any atom is -0.406 e. The van der Waals surface area contributed by atoms with Gasteiger partial charge in [0.05, 0.1) is 6.61 Å². The second-order valence-electron chi connectivity index (χ2n) is 6.32. The van der Waals surface area contributed by atoms with Gasteiger partial charge in [0, 0.05) is 32.7 Å². The van der Waals surface area contributed by atoms with Crippen LogP contribution in [0.3, 0.4) is 0 Å². The van der Waals surface area contributed by atoms with Gasteiger partial charge >= 0.3 is 6.36 Å². The number of benzene rings is 1. The standard InChI is InChI=1S/C17H21F3N2O3/c18-17(19,20)25-14-5-3-13(4-6-14)11-21-9-10-24-15(12-21)16(23)22-7-1-2-8-22/h3-6,15H,1-2,7-12H2. The lowest BCUT2D eigenvalue weighted by atomic mass is 10.1. The predicted molar refractivity (Wildman–Crippen MR) is 84.0 cm³/mol. The molecular formula is C17H21F3N2O3. The Bertz CT molecular complexity index is 586. The fourth-order valence-corrected chi connectivity index (χ4v) is 3.19. The summed E-state index contributed by atoms with van der Waals surface area (Å²) in [5.74, 6) is -0.198. The van der Waals surface area contributed by atoms with Gasteiger partial charge in [-0.25, -0.2) is 0 Å². The molecule has 2 heterocycles. The summed E-state index contributed by atoms with van der Waals surface area (Å²) in [6.07, 6.45) is -3.07. The number of carbonyl (C=O) groups is 1. The fourth-order valence-electron chi connectivity index (χ4n) is 3.19. The summed E-state index contributed by atoms with van der Waals surface area (Å²) in [5.41, 5.74) is 0.865. The molecule has 0 aromatic heterocycles. The molecule has 3 rings (SSSR count). The molecule has 25 heavy (non-hydrogen) atoms. The number of hydrogen-bond donors (Lipinski definition) is 0. The van der Waals surface area contributed by atoms with Crippen LogP contribution in [-0.2, 0) is 16.1 Å². The van der Waals surface area contributed by atoms with Crippen LogP contribution in [0.4, 0.5) is 13.2 Å². The molecule has 1 unspecified atom stereocenters. The van der Waals surface area contributed by atoms with Crippen molar-refractivity contribution in [3.8, 4) is 5.75 Å². The third kappa shape index (κ3) is 5.09. The number of carbonyl (C=O) groups excluding carboxylic acids is 1. The van der Waals surface area contributed by atoms with Gasteiger partial charge in [0.1, 0.15) is 11.9 Å². The predicted octanol–water partition coefficient (Wildman–Crippen LogP) is 2.41. The van der Waals surface area contributed by atoms with Crippen LogP contribution in [0.1, 0.15) is 18.4 Å². The summed E-state index contributed by atoms with van der Waals surface area (Å²) in [7, 11) is 0. The normalized spacial score (nSPS) is 22.2. The summed E-state index contributed by atoms with van der Waals surface area (Å²) in [5, 5.41) is 0. The van der Waals surface area contributed by atoms with Crippen molar-refractivity contribution in [3.05, 3.63) is 29.8 Å². The third-order valence-corrected chi connectivity index (χ3v) is 4.41. The van der Waals surface area contributed by atoms with Crippen molar-refractivity contribution in [2.75, 3.05) is 32.8 Å². The van der Waals surface area contributed by atoms with Gasteiger partial charge in [0.15, 0.2) is 0 Å². The molecule has 2 aliphatic heterocycles. The van der Waals surface area contributed by atoms with E-state index in [1.165, 1.54) is 12.1 Å². The van der Waals surface area contributed by atoms with Crippen molar-refractivity contribution in [2.24, 2.45) is 0 Å².